The van der Waals surface area contributed by atoms with E-state index in [2.05, 4.69) is 43.3 Å². The second kappa shape index (κ2) is 11.9. The van der Waals surface area contributed by atoms with E-state index in [9.17, 15) is 9.90 Å². The molecule has 4 rings (SSSR count). The second-order valence-corrected chi connectivity index (χ2v) is 10.5. The van der Waals surface area contributed by atoms with Crippen molar-refractivity contribution in [2.45, 2.75) is 5.16 Å². The molecule has 3 aromatic carbocycles. The minimum Gasteiger partial charge on any atom is -0.506 e. The second-order valence-electron chi connectivity index (χ2n) is 7.11. The first-order chi connectivity index (χ1) is 17.0. The van der Waals surface area contributed by atoms with E-state index in [1.807, 2.05) is 87.8 Å². The summed E-state index contributed by atoms with van der Waals surface area (Å²) in [6.07, 6.45) is 1.43. The molecule has 35 heavy (non-hydrogen) atoms. The third kappa shape index (κ3) is 6.32. The quantitative estimate of drug-likeness (QED) is 0.114. The van der Waals surface area contributed by atoms with Gasteiger partial charge in [-0.15, -0.1) is 10.2 Å². The molecule has 0 atom stereocenters. The van der Waals surface area contributed by atoms with Crippen LogP contribution in [-0.4, -0.2) is 44.9 Å². The SMILES string of the molecule is COc1ccc(-c2nnc(SCC(=O)N/N=C/c3cc(I)cc(I)c3O)n2-c2ccccc2)cc1. The fraction of sp³-hybridized carbons (Fsp3) is 0.0833. The lowest BCUT2D eigenvalue weighted by atomic mass is 10.2. The zero-order chi connectivity index (χ0) is 24.8. The molecule has 1 amide bonds. The van der Waals surface area contributed by atoms with Crippen LogP contribution in [0.1, 0.15) is 5.56 Å². The molecule has 11 heteroatoms. The lowest BCUT2D eigenvalue weighted by Gasteiger charge is -2.10. The monoisotopic (exact) mass is 711 g/mol. The molecule has 1 heterocycles. The lowest BCUT2D eigenvalue weighted by Crippen LogP contribution is -2.20. The molecule has 0 saturated carbocycles. The van der Waals surface area contributed by atoms with E-state index in [1.165, 1.54) is 18.0 Å². The van der Waals surface area contributed by atoms with E-state index in [0.29, 0.717) is 20.1 Å². The number of halogens is 2. The number of hydrogen-bond donors (Lipinski definition) is 2. The van der Waals surface area contributed by atoms with Crippen LogP contribution in [0.3, 0.4) is 0 Å². The van der Waals surface area contributed by atoms with Gasteiger partial charge in [-0.05, 0) is 93.7 Å². The number of aromatic hydroxyl groups is 1. The average molecular weight is 711 g/mol. The van der Waals surface area contributed by atoms with E-state index in [-0.39, 0.29) is 17.4 Å². The number of benzene rings is 3. The standard InChI is InChI=1S/C24H19I2N5O3S/c1-34-19-9-7-15(8-10-19)23-29-30-24(31(23)18-5-3-2-4-6-18)35-14-21(32)28-27-13-16-11-17(25)12-20(26)22(16)33/h2-13,33H,14H2,1H3,(H,28,32)/b27-13+. The number of rotatable bonds is 8. The molecule has 4 aromatic rings. The Labute approximate surface area is 233 Å². The van der Waals surface area contributed by atoms with Gasteiger partial charge in [-0.25, -0.2) is 5.43 Å². The Bertz CT molecular complexity index is 1360. The highest BCUT2D eigenvalue weighted by Gasteiger charge is 2.17. The zero-order valence-electron chi connectivity index (χ0n) is 18.4. The smallest absolute Gasteiger partial charge is 0.250 e. The summed E-state index contributed by atoms with van der Waals surface area (Å²) in [5.41, 5.74) is 4.78. The van der Waals surface area contributed by atoms with Crippen molar-refractivity contribution in [3.05, 3.63) is 79.4 Å². The third-order valence-electron chi connectivity index (χ3n) is 4.78. The van der Waals surface area contributed by atoms with Crippen molar-refractivity contribution in [3.63, 3.8) is 0 Å². The molecule has 1 aromatic heterocycles. The molecule has 0 aliphatic carbocycles. The molecule has 0 saturated heterocycles. The molecular weight excluding hydrogens is 692 g/mol. The molecule has 0 fully saturated rings. The number of phenols is 1. The Morgan fingerprint density at radius 2 is 1.89 bits per heavy atom. The highest BCUT2D eigenvalue weighted by atomic mass is 127. The number of carbonyl (C=O) groups excluding carboxylic acids is 1. The Kier molecular flexibility index (Phi) is 8.62. The minimum absolute atomic E-state index is 0.0841. The number of nitrogens with one attached hydrogen (secondary N) is 1. The number of nitrogens with zero attached hydrogens (tertiary/aromatic N) is 4. The molecular formula is C24H19I2N5O3S. The van der Waals surface area contributed by atoms with Crippen molar-refractivity contribution in [2.75, 3.05) is 12.9 Å². The van der Waals surface area contributed by atoms with Gasteiger partial charge in [-0.2, -0.15) is 5.10 Å². The molecule has 0 aliphatic heterocycles. The van der Waals surface area contributed by atoms with Gasteiger partial charge in [0.05, 0.1) is 22.6 Å². The maximum absolute atomic E-state index is 12.4. The molecule has 0 aliphatic rings. The largest absolute Gasteiger partial charge is 0.506 e. The van der Waals surface area contributed by atoms with Gasteiger partial charge >= 0.3 is 0 Å². The van der Waals surface area contributed by atoms with E-state index < -0.39 is 0 Å². The van der Waals surface area contributed by atoms with Crippen LogP contribution in [0.25, 0.3) is 17.1 Å². The number of para-hydroxylation sites is 1. The van der Waals surface area contributed by atoms with Crippen LogP contribution in [-0.2, 0) is 4.79 Å². The summed E-state index contributed by atoms with van der Waals surface area (Å²) in [5.74, 6) is 1.31. The minimum atomic E-state index is -0.306. The molecule has 0 radical (unpaired) electrons. The average Bonchev–Trinajstić information content (AvgIpc) is 3.30. The van der Waals surface area contributed by atoms with Gasteiger partial charge in [0.15, 0.2) is 11.0 Å². The topological polar surface area (TPSA) is 102 Å². The summed E-state index contributed by atoms with van der Waals surface area (Å²) in [6.45, 7) is 0. The number of aromatic nitrogens is 3. The summed E-state index contributed by atoms with van der Waals surface area (Å²) in [6, 6.07) is 20.9. The van der Waals surface area contributed by atoms with Crippen molar-refractivity contribution < 1.29 is 14.6 Å². The highest BCUT2D eigenvalue weighted by Crippen LogP contribution is 2.29. The van der Waals surface area contributed by atoms with Gasteiger partial charge in [-0.1, -0.05) is 30.0 Å². The van der Waals surface area contributed by atoms with Gasteiger partial charge in [0.25, 0.3) is 5.91 Å². The van der Waals surface area contributed by atoms with Crippen molar-refractivity contribution in [3.8, 4) is 28.6 Å². The van der Waals surface area contributed by atoms with Crippen LogP contribution in [0.4, 0.5) is 0 Å². The van der Waals surface area contributed by atoms with E-state index in [1.54, 1.807) is 13.2 Å². The van der Waals surface area contributed by atoms with Crippen LogP contribution < -0.4 is 10.2 Å². The maximum atomic E-state index is 12.4. The Morgan fingerprint density at radius 1 is 1.14 bits per heavy atom. The summed E-state index contributed by atoms with van der Waals surface area (Å²) in [5, 5.41) is 23.4. The van der Waals surface area contributed by atoms with Crippen LogP contribution >= 0.6 is 56.9 Å². The number of methoxy groups -OCH3 is 1. The number of thioether (sulfide) groups is 1. The number of phenolic OH excluding ortho intramolecular Hbond substituents is 1. The molecule has 0 spiro atoms. The van der Waals surface area contributed by atoms with Crippen molar-refractivity contribution >= 4 is 69.1 Å². The van der Waals surface area contributed by atoms with Gasteiger partial charge < -0.3 is 9.84 Å². The van der Waals surface area contributed by atoms with Gasteiger partial charge in [0.1, 0.15) is 11.5 Å². The van der Waals surface area contributed by atoms with E-state index in [4.69, 9.17) is 4.74 Å². The number of hydrogen-bond acceptors (Lipinski definition) is 7. The predicted molar refractivity (Wildman–Crippen MR) is 153 cm³/mol. The maximum Gasteiger partial charge on any atom is 0.250 e. The molecule has 8 nitrogen and oxygen atoms in total. The number of hydrazone groups is 1. The molecule has 0 bridgehead atoms. The Hall–Kier alpha value is -2.65. The van der Waals surface area contributed by atoms with Crippen LogP contribution in [0.5, 0.6) is 11.5 Å². The number of carbonyl (C=O) groups is 1. The predicted octanol–water partition coefficient (Wildman–Crippen LogP) is 5.10. The van der Waals surface area contributed by atoms with Crippen molar-refractivity contribution in [2.24, 2.45) is 5.10 Å². The fourth-order valence-corrected chi connectivity index (χ4v) is 5.75. The highest BCUT2D eigenvalue weighted by molar-refractivity contribution is 14.1. The summed E-state index contributed by atoms with van der Waals surface area (Å²) < 4.78 is 8.84. The van der Waals surface area contributed by atoms with E-state index in [0.717, 1.165) is 20.6 Å². The van der Waals surface area contributed by atoms with E-state index >= 15 is 0 Å². The normalized spacial score (nSPS) is 11.1. The first kappa shape index (κ1) is 25.4. The van der Waals surface area contributed by atoms with Crippen LogP contribution in [0.2, 0.25) is 0 Å². The molecule has 2 N–H and O–H groups in total. The summed E-state index contributed by atoms with van der Waals surface area (Å²) in [4.78, 5) is 12.4. The third-order valence-corrected chi connectivity index (χ3v) is 7.15. The summed E-state index contributed by atoms with van der Waals surface area (Å²) >= 11 is 5.46. The van der Waals surface area contributed by atoms with Crippen LogP contribution in [0, 0.1) is 7.14 Å². The first-order valence-electron chi connectivity index (χ1n) is 10.2. The Morgan fingerprint density at radius 3 is 2.60 bits per heavy atom. The van der Waals surface area contributed by atoms with Crippen molar-refractivity contribution in [1.82, 2.24) is 20.2 Å². The van der Waals surface area contributed by atoms with Crippen LogP contribution in [0.15, 0.2) is 77.0 Å². The zero-order valence-corrected chi connectivity index (χ0v) is 23.5. The van der Waals surface area contributed by atoms with Gasteiger partial charge in [0, 0.05) is 20.4 Å². The fourth-order valence-electron chi connectivity index (χ4n) is 3.12. The van der Waals surface area contributed by atoms with Gasteiger partial charge in [-0.3, -0.25) is 9.36 Å². The number of ether oxygens (including phenoxy) is 1. The number of amides is 1. The Balaban J connectivity index is 1.50. The first-order valence-corrected chi connectivity index (χ1v) is 13.4. The van der Waals surface area contributed by atoms with Gasteiger partial charge in [0.2, 0.25) is 0 Å². The molecule has 178 valence electrons. The molecule has 0 unspecified atom stereocenters. The lowest BCUT2D eigenvalue weighted by molar-refractivity contribution is -0.118. The summed E-state index contributed by atoms with van der Waals surface area (Å²) in [7, 11) is 1.62. The van der Waals surface area contributed by atoms with Crippen molar-refractivity contribution in [1.29, 1.82) is 0 Å².